The number of hydrogen-bond acceptors (Lipinski definition) is 3. The van der Waals surface area contributed by atoms with Gasteiger partial charge in [-0.05, 0) is 37.5 Å². The van der Waals surface area contributed by atoms with Crippen LogP contribution in [0.1, 0.15) is 64.1 Å². The summed E-state index contributed by atoms with van der Waals surface area (Å²) < 4.78 is 2.08. The Kier molecular flexibility index (Phi) is 3.17. The van der Waals surface area contributed by atoms with Crippen molar-refractivity contribution in [2.75, 3.05) is 5.73 Å². The molecule has 1 fully saturated rings. The summed E-state index contributed by atoms with van der Waals surface area (Å²) in [5.41, 5.74) is 6.99. The van der Waals surface area contributed by atoms with Gasteiger partial charge in [0.1, 0.15) is 0 Å². The second-order valence-corrected chi connectivity index (χ2v) is 5.37. The number of hydrogen-bond donors (Lipinski definition) is 1. The Hall–Kier alpha value is -1.06. The molecule has 1 saturated carbocycles. The van der Waals surface area contributed by atoms with Crippen molar-refractivity contribution in [3.05, 3.63) is 5.69 Å². The zero-order valence-corrected chi connectivity index (χ0v) is 10.5. The van der Waals surface area contributed by atoms with Gasteiger partial charge in [-0.15, -0.1) is 5.10 Å². The van der Waals surface area contributed by atoms with Crippen LogP contribution in [0, 0.1) is 5.92 Å². The zero-order valence-electron chi connectivity index (χ0n) is 10.5. The van der Waals surface area contributed by atoms with Crippen LogP contribution in [0.25, 0.3) is 0 Å². The number of nitrogens with zero attached hydrogens (tertiary/aromatic N) is 3. The van der Waals surface area contributed by atoms with Crippen LogP contribution in [0.15, 0.2) is 0 Å². The van der Waals surface area contributed by atoms with Gasteiger partial charge in [0.05, 0.1) is 11.7 Å². The first-order valence-corrected chi connectivity index (χ1v) is 6.30. The van der Waals surface area contributed by atoms with Crippen LogP contribution in [-0.2, 0) is 0 Å². The lowest BCUT2D eigenvalue weighted by Crippen LogP contribution is -2.20. The highest BCUT2D eigenvalue weighted by Crippen LogP contribution is 2.34. The first-order valence-electron chi connectivity index (χ1n) is 6.30. The normalized spacial score (nSPS) is 26.2. The number of aromatic nitrogens is 3. The standard InChI is InChI=1S/C12H22N4/c1-8(2)11-12(13)14-15-16(11)10-6-4-9(3)5-7-10/h8-10H,4-7,13H2,1-3H3. The lowest BCUT2D eigenvalue weighted by Gasteiger charge is -2.27. The Morgan fingerprint density at radius 3 is 2.44 bits per heavy atom. The summed E-state index contributed by atoms with van der Waals surface area (Å²) in [7, 11) is 0. The van der Waals surface area contributed by atoms with Crippen LogP contribution in [0.2, 0.25) is 0 Å². The fourth-order valence-electron chi connectivity index (χ4n) is 2.63. The maximum Gasteiger partial charge on any atom is 0.169 e. The topological polar surface area (TPSA) is 56.7 Å². The Balaban J connectivity index is 2.20. The first-order chi connectivity index (χ1) is 7.59. The second-order valence-electron chi connectivity index (χ2n) is 5.37. The monoisotopic (exact) mass is 222 g/mol. The van der Waals surface area contributed by atoms with Gasteiger partial charge >= 0.3 is 0 Å². The lowest BCUT2D eigenvalue weighted by atomic mass is 9.87. The van der Waals surface area contributed by atoms with Crippen molar-refractivity contribution in [2.24, 2.45) is 5.92 Å². The average molecular weight is 222 g/mol. The van der Waals surface area contributed by atoms with E-state index >= 15 is 0 Å². The largest absolute Gasteiger partial charge is 0.381 e. The number of nitrogen functional groups attached to an aromatic ring is 1. The molecule has 1 aliphatic rings. The third kappa shape index (κ3) is 2.06. The Morgan fingerprint density at radius 2 is 1.88 bits per heavy atom. The molecule has 0 radical (unpaired) electrons. The molecule has 16 heavy (non-hydrogen) atoms. The first kappa shape index (κ1) is 11.4. The van der Waals surface area contributed by atoms with Crippen LogP contribution in [0.4, 0.5) is 5.82 Å². The summed E-state index contributed by atoms with van der Waals surface area (Å²) in [5, 5.41) is 8.25. The molecule has 0 spiro atoms. The van der Waals surface area contributed by atoms with Gasteiger partial charge in [-0.3, -0.25) is 0 Å². The Labute approximate surface area is 97.2 Å². The molecule has 0 atom stereocenters. The van der Waals surface area contributed by atoms with Crippen molar-refractivity contribution >= 4 is 5.82 Å². The fourth-order valence-corrected chi connectivity index (χ4v) is 2.63. The van der Waals surface area contributed by atoms with Gasteiger partial charge in [-0.2, -0.15) is 0 Å². The van der Waals surface area contributed by atoms with Crippen molar-refractivity contribution in [2.45, 2.75) is 58.4 Å². The van der Waals surface area contributed by atoms with Crippen LogP contribution < -0.4 is 5.73 Å². The molecule has 0 aliphatic heterocycles. The van der Waals surface area contributed by atoms with Crippen LogP contribution in [-0.4, -0.2) is 15.0 Å². The Bertz CT molecular complexity index is 348. The van der Waals surface area contributed by atoms with E-state index in [1.165, 1.54) is 25.7 Å². The van der Waals surface area contributed by atoms with Gasteiger partial charge in [0.25, 0.3) is 0 Å². The third-order valence-corrected chi connectivity index (χ3v) is 3.64. The van der Waals surface area contributed by atoms with Crippen molar-refractivity contribution in [1.82, 2.24) is 15.0 Å². The lowest BCUT2D eigenvalue weighted by molar-refractivity contribution is 0.264. The summed E-state index contributed by atoms with van der Waals surface area (Å²) >= 11 is 0. The molecule has 0 aromatic carbocycles. The Morgan fingerprint density at radius 1 is 1.25 bits per heavy atom. The van der Waals surface area contributed by atoms with E-state index < -0.39 is 0 Å². The summed E-state index contributed by atoms with van der Waals surface area (Å²) in [6.07, 6.45) is 5.01. The van der Waals surface area contributed by atoms with Crippen LogP contribution in [0.5, 0.6) is 0 Å². The fraction of sp³-hybridized carbons (Fsp3) is 0.833. The minimum absolute atomic E-state index is 0.398. The highest BCUT2D eigenvalue weighted by molar-refractivity contribution is 5.35. The van der Waals surface area contributed by atoms with E-state index in [-0.39, 0.29) is 0 Å². The second kappa shape index (κ2) is 4.44. The minimum Gasteiger partial charge on any atom is -0.381 e. The van der Waals surface area contributed by atoms with E-state index in [0.29, 0.717) is 17.8 Å². The molecule has 1 aromatic heterocycles. The predicted octanol–water partition coefficient (Wildman–Crippen LogP) is 2.73. The summed E-state index contributed by atoms with van der Waals surface area (Å²) in [4.78, 5) is 0. The molecule has 4 nitrogen and oxygen atoms in total. The third-order valence-electron chi connectivity index (χ3n) is 3.64. The molecular formula is C12H22N4. The molecule has 2 rings (SSSR count). The van der Waals surface area contributed by atoms with E-state index in [2.05, 4.69) is 35.8 Å². The summed E-state index contributed by atoms with van der Waals surface area (Å²) in [5.74, 6) is 1.86. The predicted molar refractivity (Wildman–Crippen MR) is 65.2 cm³/mol. The van der Waals surface area contributed by atoms with Gasteiger partial charge in [0.2, 0.25) is 0 Å². The van der Waals surface area contributed by atoms with Crippen molar-refractivity contribution in [3.8, 4) is 0 Å². The van der Waals surface area contributed by atoms with Crippen molar-refractivity contribution in [3.63, 3.8) is 0 Å². The van der Waals surface area contributed by atoms with E-state index in [4.69, 9.17) is 5.73 Å². The van der Waals surface area contributed by atoms with E-state index in [0.717, 1.165) is 11.6 Å². The summed E-state index contributed by atoms with van der Waals surface area (Å²) in [6.45, 7) is 6.63. The minimum atomic E-state index is 0.398. The smallest absolute Gasteiger partial charge is 0.169 e. The molecule has 0 bridgehead atoms. The quantitative estimate of drug-likeness (QED) is 0.837. The highest BCUT2D eigenvalue weighted by atomic mass is 15.5. The van der Waals surface area contributed by atoms with Crippen molar-refractivity contribution in [1.29, 1.82) is 0 Å². The van der Waals surface area contributed by atoms with E-state index in [9.17, 15) is 0 Å². The molecule has 0 amide bonds. The van der Waals surface area contributed by atoms with Gasteiger partial charge in [-0.1, -0.05) is 26.0 Å². The van der Waals surface area contributed by atoms with Gasteiger partial charge in [0.15, 0.2) is 5.82 Å². The van der Waals surface area contributed by atoms with E-state index in [1.807, 2.05) is 0 Å². The number of nitrogens with two attached hydrogens (primary N) is 1. The van der Waals surface area contributed by atoms with Crippen molar-refractivity contribution < 1.29 is 0 Å². The average Bonchev–Trinajstić information content (AvgIpc) is 2.61. The molecule has 0 saturated heterocycles. The molecule has 0 unspecified atom stereocenters. The van der Waals surface area contributed by atoms with Gasteiger partial charge in [-0.25, -0.2) is 4.68 Å². The maximum absolute atomic E-state index is 5.88. The molecule has 1 aliphatic carbocycles. The summed E-state index contributed by atoms with van der Waals surface area (Å²) in [6, 6.07) is 0.512. The molecule has 1 aromatic rings. The van der Waals surface area contributed by atoms with Crippen LogP contribution >= 0.6 is 0 Å². The van der Waals surface area contributed by atoms with Gasteiger partial charge in [0, 0.05) is 0 Å². The zero-order chi connectivity index (χ0) is 11.7. The number of rotatable bonds is 2. The van der Waals surface area contributed by atoms with Crippen LogP contribution in [0.3, 0.4) is 0 Å². The SMILES string of the molecule is CC1CCC(n2nnc(N)c2C(C)C)CC1. The highest BCUT2D eigenvalue weighted by Gasteiger charge is 2.24. The molecular weight excluding hydrogens is 200 g/mol. The molecule has 4 heteroatoms. The van der Waals surface area contributed by atoms with Gasteiger partial charge < -0.3 is 5.73 Å². The maximum atomic E-state index is 5.88. The molecule has 1 heterocycles. The van der Waals surface area contributed by atoms with E-state index in [1.54, 1.807) is 0 Å². The molecule has 90 valence electrons. The number of anilines is 1. The molecule has 2 N–H and O–H groups in total.